The molecule has 0 aromatic heterocycles. The first-order chi connectivity index (χ1) is 14.1. The molecule has 4 rings (SSSR count). The van der Waals surface area contributed by atoms with E-state index in [-0.39, 0.29) is 11.7 Å². The molecule has 1 amide bonds. The van der Waals surface area contributed by atoms with Crippen LogP contribution >= 0.6 is 0 Å². The molecule has 1 fully saturated rings. The molecule has 3 aromatic carbocycles. The summed E-state index contributed by atoms with van der Waals surface area (Å²) in [6, 6.07) is 23.3. The summed E-state index contributed by atoms with van der Waals surface area (Å²) in [6.07, 6.45) is 2.13. The highest BCUT2D eigenvalue weighted by Gasteiger charge is 2.37. The number of halogens is 1. The first-order valence-corrected chi connectivity index (χ1v) is 9.72. The highest BCUT2D eigenvalue weighted by molar-refractivity contribution is 5.81. The van der Waals surface area contributed by atoms with Gasteiger partial charge in [-0.15, -0.1) is 0 Å². The van der Waals surface area contributed by atoms with Gasteiger partial charge in [-0.25, -0.2) is 4.39 Å². The molecule has 4 nitrogen and oxygen atoms in total. The fraction of sp³-hybridized carbons (Fsp3) is 0.208. The van der Waals surface area contributed by atoms with Crippen LogP contribution < -0.4 is 10.5 Å². The van der Waals surface area contributed by atoms with E-state index in [1.54, 1.807) is 12.1 Å². The molecular formula is C24H23FN2O2. The number of primary amides is 1. The van der Waals surface area contributed by atoms with Crippen LogP contribution in [-0.4, -0.2) is 16.8 Å². The minimum atomic E-state index is -0.452. The number of rotatable bonds is 8. The lowest BCUT2D eigenvalue weighted by atomic mass is 10.0. The molecule has 0 heterocycles. The van der Waals surface area contributed by atoms with Crippen molar-refractivity contribution < 1.29 is 13.9 Å². The van der Waals surface area contributed by atoms with Crippen molar-refractivity contribution >= 4 is 5.91 Å². The summed E-state index contributed by atoms with van der Waals surface area (Å²) in [4.78, 5) is 14.5. The Morgan fingerprint density at radius 3 is 2.34 bits per heavy atom. The zero-order chi connectivity index (χ0) is 20.2. The third-order valence-corrected chi connectivity index (χ3v) is 5.05. The molecule has 1 aliphatic rings. The van der Waals surface area contributed by atoms with E-state index in [2.05, 4.69) is 4.90 Å². The standard InChI is InChI=1S/C24H23FN2O2/c25-19-7-4-8-22(15-19)29-21-13-9-17(10-14-21)16-27(20-11-12-20)23(24(26)28)18-5-2-1-3-6-18/h1-10,13-15,20,23H,11-12,16H2,(H2,26,28). The molecule has 1 saturated carbocycles. The minimum absolute atomic E-state index is 0.336. The summed E-state index contributed by atoms with van der Waals surface area (Å²) in [5.41, 5.74) is 7.76. The van der Waals surface area contributed by atoms with E-state index in [0.29, 0.717) is 24.1 Å². The van der Waals surface area contributed by atoms with Gasteiger partial charge in [-0.05, 0) is 48.2 Å². The van der Waals surface area contributed by atoms with Gasteiger partial charge in [0.25, 0.3) is 0 Å². The van der Waals surface area contributed by atoms with Gasteiger partial charge >= 0.3 is 0 Å². The second-order valence-corrected chi connectivity index (χ2v) is 7.32. The van der Waals surface area contributed by atoms with Crippen LogP contribution in [0.3, 0.4) is 0 Å². The molecule has 0 radical (unpaired) electrons. The maximum Gasteiger partial charge on any atom is 0.239 e. The Morgan fingerprint density at radius 2 is 1.72 bits per heavy atom. The molecule has 0 bridgehead atoms. The van der Waals surface area contributed by atoms with E-state index in [4.69, 9.17) is 10.5 Å². The van der Waals surface area contributed by atoms with E-state index in [0.717, 1.165) is 24.0 Å². The molecule has 3 aromatic rings. The van der Waals surface area contributed by atoms with Crippen LogP contribution in [0.2, 0.25) is 0 Å². The van der Waals surface area contributed by atoms with Crippen LogP contribution in [0.5, 0.6) is 11.5 Å². The number of hydrogen-bond donors (Lipinski definition) is 1. The van der Waals surface area contributed by atoms with Crippen molar-refractivity contribution in [2.24, 2.45) is 5.73 Å². The lowest BCUT2D eigenvalue weighted by Gasteiger charge is -2.30. The topological polar surface area (TPSA) is 55.6 Å². The molecular weight excluding hydrogens is 367 g/mol. The van der Waals surface area contributed by atoms with Crippen molar-refractivity contribution in [3.8, 4) is 11.5 Å². The van der Waals surface area contributed by atoms with Crippen molar-refractivity contribution in [2.45, 2.75) is 31.5 Å². The van der Waals surface area contributed by atoms with Gasteiger partial charge in [0.2, 0.25) is 5.91 Å². The summed E-state index contributed by atoms with van der Waals surface area (Å²) in [5, 5.41) is 0. The van der Waals surface area contributed by atoms with E-state index < -0.39 is 6.04 Å². The summed E-state index contributed by atoms with van der Waals surface area (Å²) in [6.45, 7) is 0.618. The first-order valence-electron chi connectivity index (χ1n) is 9.72. The number of ether oxygens (including phenoxy) is 1. The highest BCUT2D eigenvalue weighted by Crippen LogP contribution is 2.36. The third kappa shape index (κ3) is 4.81. The Kier molecular flexibility index (Phi) is 5.58. The van der Waals surface area contributed by atoms with E-state index in [1.165, 1.54) is 12.1 Å². The number of carbonyl (C=O) groups excluding carboxylic acids is 1. The zero-order valence-corrected chi connectivity index (χ0v) is 16.0. The molecule has 0 spiro atoms. The number of nitrogens with two attached hydrogens (primary N) is 1. The SMILES string of the molecule is NC(=O)C(c1ccccc1)N(Cc1ccc(Oc2cccc(F)c2)cc1)C1CC1. The molecule has 2 N–H and O–H groups in total. The van der Waals surface area contributed by atoms with Crippen LogP contribution in [-0.2, 0) is 11.3 Å². The van der Waals surface area contributed by atoms with E-state index >= 15 is 0 Å². The fourth-order valence-corrected chi connectivity index (χ4v) is 3.53. The van der Waals surface area contributed by atoms with Crippen molar-refractivity contribution in [3.63, 3.8) is 0 Å². The Labute approximate surface area is 169 Å². The monoisotopic (exact) mass is 390 g/mol. The molecule has 1 unspecified atom stereocenters. The van der Waals surface area contributed by atoms with Gasteiger partial charge in [-0.2, -0.15) is 0 Å². The predicted molar refractivity (Wildman–Crippen MR) is 110 cm³/mol. The molecule has 29 heavy (non-hydrogen) atoms. The highest BCUT2D eigenvalue weighted by atomic mass is 19.1. The predicted octanol–water partition coefficient (Wildman–Crippen LogP) is 4.81. The Hall–Kier alpha value is -3.18. The second kappa shape index (κ2) is 8.45. The van der Waals surface area contributed by atoms with Gasteiger partial charge in [-0.1, -0.05) is 48.5 Å². The second-order valence-electron chi connectivity index (χ2n) is 7.32. The maximum absolute atomic E-state index is 13.3. The molecule has 5 heteroatoms. The summed E-state index contributed by atoms with van der Waals surface area (Å²) in [7, 11) is 0. The lowest BCUT2D eigenvalue weighted by molar-refractivity contribution is -0.124. The van der Waals surface area contributed by atoms with Gasteiger partial charge < -0.3 is 10.5 Å². The smallest absolute Gasteiger partial charge is 0.239 e. The van der Waals surface area contributed by atoms with Crippen molar-refractivity contribution in [1.29, 1.82) is 0 Å². The van der Waals surface area contributed by atoms with Gasteiger partial charge in [0, 0.05) is 18.7 Å². The number of carbonyl (C=O) groups is 1. The average molecular weight is 390 g/mol. The molecule has 148 valence electrons. The summed E-state index contributed by atoms with van der Waals surface area (Å²) in [5.74, 6) is 0.411. The van der Waals surface area contributed by atoms with Gasteiger partial charge in [0.1, 0.15) is 23.4 Å². The Bertz CT molecular complexity index is 972. The Balaban J connectivity index is 1.50. The van der Waals surface area contributed by atoms with Gasteiger partial charge in [0.05, 0.1) is 0 Å². The van der Waals surface area contributed by atoms with Crippen LogP contribution in [0.1, 0.15) is 30.0 Å². The zero-order valence-electron chi connectivity index (χ0n) is 16.0. The largest absolute Gasteiger partial charge is 0.457 e. The minimum Gasteiger partial charge on any atom is -0.457 e. The fourth-order valence-electron chi connectivity index (χ4n) is 3.53. The van der Waals surface area contributed by atoms with Gasteiger partial charge in [-0.3, -0.25) is 9.69 Å². The van der Waals surface area contributed by atoms with Crippen molar-refractivity contribution in [2.75, 3.05) is 0 Å². The van der Waals surface area contributed by atoms with Crippen molar-refractivity contribution in [1.82, 2.24) is 4.90 Å². The molecule has 1 atom stereocenters. The van der Waals surface area contributed by atoms with E-state index in [9.17, 15) is 9.18 Å². The third-order valence-electron chi connectivity index (χ3n) is 5.05. The van der Waals surface area contributed by atoms with Crippen LogP contribution in [0.15, 0.2) is 78.9 Å². The van der Waals surface area contributed by atoms with Crippen LogP contribution in [0.4, 0.5) is 4.39 Å². The quantitative estimate of drug-likeness (QED) is 0.601. The van der Waals surface area contributed by atoms with Crippen LogP contribution in [0.25, 0.3) is 0 Å². The Morgan fingerprint density at radius 1 is 1.00 bits per heavy atom. The van der Waals surface area contributed by atoms with Crippen LogP contribution in [0, 0.1) is 5.82 Å². The normalized spacial score (nSPS) is 14.6. The summed E-state index contributed by atoms with van der Waals surface area (Å²) >= 11 is 0. The number of nitrogens with zero attached hydrogens (tertiary/aromatic N) is 1. The van der Waals surface area contributed by atoms with Crippen molar-refractivity contribution in [3.05, 3.63) is 95.8 Å². The molecule has 0 saturated heterocycles. The average Bonchev–Trinajstić information content (AvgIpc) is 3.55. The van der Waals surface area contributed by atoms with E-state index in [1.807, 2.05) is 54.6 Å². The summed E-state index contributed by atoms with van der Waals surface area (Å²) < 4.78 is 19.0. The number of benzene rings is 3. The number of amides is 1. The maximum atomic E-state index is 13.3. The lowest BCUT2D eigenvalue weighted by Crippen LogP contribution is -2.38. The first kappa shape index (κ1) is 19.2. The van der Waals surface area contributed by atoms with Gasteiger partial charge in [0.15, 0.2) is 0 Å². The number of hydrogen-bond acceptors (Lipinski definition) is 3. The molecule has 1 aliphatic carbocycles. The molecule has 0 aliphatic heterocycles.